The average Bonchev–Trinajstić information content (AvgIpc) is 3.01. The van der Waals surface area contributed by atoms with Gasteiger partial charge in [0.25, 0.3) is 0 Å². The van der Waals surface area contributed by atoms with Crippen LogP contribution in [0, 0.1) is 12.8 Å². The highest BCUT2D eigenvalue weighted by atomic mass is 16.5. The molecule has 1 aromatic carbocycles. The molecule has 1 saturated heterocycles. The summed E-state index contributed by atoms with van der Waals surface area (Å²) < 4.78 is 5.23. The quantitative estimate of drug-likeness (QED) is 0.849. The Morgan fingerprint density at radius 1 is 1.39 bits per heavy atom. The molecule has 0 bridgehead atoms. The van der Waals surface area contributed by atoms with E-state index in [4.69, 9.17) is 4.74 Å². The zero-order chi connectivity index (χ0) is 17.0. The molecular weight excluding hydrogens is 292 g/mol. The largest absolute Gasteiger partial charge is 0.496 e. The van der Waals surface area contributed by atoms with E-state index in [9.17, 15) is 9.59 Å². The highest BCUT2D eigenvalue weighted by Crippen LogP contribution is 2.24. The number of benzene rings is 1. The number of aryl methyl sites for hydroxylation is 1. The van der Waals surface area contributed by atoms with Crippen LogP contribution in [0.15, 0.2) is 18.2 Å². The Morgan fingerprint density at radius 3 is 2.74 bits per heavy atom. The average molecular weight is 318 g/mol. The zero-order valence-electron chi connectivity index (χ0n) is 14.4. The number of Topliss-reactive ketones (excluding diaryl/α,β-unsaturated/α-hetero) is 1. The molecule has 1 heterocycles. The van der Waals surface area contributed by atoms with Crippen LogP contribution in [0.3, 0.4) is 0 Å². The summed E-state index contributed by atoms with van der Waals surface area (Å²) >= 11 is 0. The second-order valence-corrected chi connectivity index (χ2v) is 6.48. The topological polar surface area (TPSA) is 58.6 Å². The maximum absolute atomic E-state index is 12.8. The van der Waals surface area contributed by atoms with Gasteiger partial charge in [0.1, 0.15) is 5.75 Å². The van der Waals surface area contributed by atoms with Crippen molar-refractivity contribution in [3.8, 4) is 5.75 Å². The molecule has 1 fully saturated rings. The number of carbonyl (C=O) groups is 2. The number of hydrogen-bond donors (Lipinski definition) is 1. The summed E-state index contributed by atoms with van der Waals surface area (Å²) in [6.45, 7) is 7.27. The van der Waals surface area contributed by atoms with Crippen LogP contribution in [0.25, 0.3) is 0 Å². The van der Waals surface area contributed by atoms with Gasteiger partial charge in [-0.15, -0.1) is 0 Å². The van der Waals surface area contributed by atoms with Crippen LogP contribution < -0.4 is 10.1 Å². The fourth-order valence-electron chi connectivity index (χ4n) is 2.90. The van der Waals surface area contributed by atoms with Gasteiger partial charge < -0.3 is 15.0 Å². The number of nitrogens with zero attached hydrogens (tertiary/aromatic N) is 1. The second-order valence-electron chi connectivity index (χ2n) is 6.48. The molecule has 1 N–H and O–H groups in total. The van der Waals surface area contributed by atoms with Gasteiger partial charge in [0.15, 0.2) is 5.78 Å². The van der Waals surface area contributed by atoms with E-state index in [1.807, 2.05) is 26.8 Å². The number of carbonyl (C=O) groups excluding carboxylic acids is 2. The summed E-state index contributed by atoms with van der Waals surface area (Å²) in [5.74, 6) is 1.16. The van der Waals surface area contributed by atoms with Crippen molar-refractivity contribution in [2.45, 2.75) is 39.7 Å². The molecule has 0 spiro atoms. The van der Waals surface area contributed by atoms with Crippen LogP contribution in [-0.2, 0) is 0 Å². The maximum Gasteiger partial charge on any atom is 0.318 e. The Morgan fingerprint density at radius 2 is 2.13 bits per heavy atom. The van der Waals surface area contributed by atoms with Gasteiger partial charge in [-0.2, -0.15) is 0 Å². The van der Waals surface area contributed by atoms with Crippen LogP contribution in [0.2, 0.25) is 0 Å². The molecule has 1 atom stereocenters. The SMILES string of the molecule is COc1ccc(C(=O)C2CCCN2C(=O)NCC(C)C)cc1C. The van der Waals surface area contributed by atoms with Crippen molar-refractivity contribution in [3.63, 3.8) is 0 Å². The van der Waals surface area contributed by atoms with Crippen molar-refractivity contribution in [2.75, 3.05) is 20.2 Å². The Balaban J connectivity index is 2.11. The fourth-order valence-corrected chi connectivity index (χ4v) is 2.90. The third-order valence-corrected chi connectivity index (χ3v) is 4.16. The van der Waals surface area contributed by atoms with Crippen LogP contribution in [0.5, 0.6) is 5.75 Å². The third kappa shape index (κ3) is 4.03. The second kappa shape index (κ2) is 7.49. The first kappa shape index (κ1) is 17.3. The Hall–Kier alpha value is -2.04. The molecule has 5 heteroatoms. The Bertz CT molecular complexity index is 584. The molecule has 1 aromatic rings. The van der Waals surface area contributed by atoms with Crippen molar-refractivity contribution < 1.29 is 14.3 Å². The number of urea groups is 1. The molecule has 0 aliphatic carbocycles. The standard InChI is InChI=1S/C18H26N2O3/c1-12(2)11-19-18(22)20-9-5-6-15(20)17(21)14-7-8-16(23-4)13(3)10-14/h7-8,10,12,15H,5-6,9,11H2,1-4H3,(H,19,22). The fraction of sp³-hybridized carbons (Fsp3) is 0.556. The summed E-state index contributed by atoms with van der Waals surface area (Å²) in [4.78, 5) is 26.8. The summed E-state index contributed by atoms with van der Waals surface area (Å²) in [5, 5.41) is 2.90. The first-order valence-corrected chi connectivity index (χ1v) is 8.17. The van der Waals surface area contributed by atoms with Crippen molar-refractivity contribution in [3.05, 3.63) is 29.3 Å². The summed E-state index contributed by atoms with van der Waals surface area (Å²) in [5.41, 5.74) is 1.56. The number of hydrogen-bond acceptors (Lipinski definition) is 3. The van der Waals surface area contributed by atoms with Crippen LogP contribution in [0.4, 0.5) is 4.79 Å². The lowest BCUT2D eigenvalue weighted by Gasteiger charge is -2.24. The van der Waals surface area contributed by atoms with Crippen LogP contribution in [0.1, 0.15) is 42.6 Å². The van der Waals surface area contributed by atoms with Gasteiger partial charge in [0, 0.05) is 18.7 Å². The third-order valence-electron chi connectivity index (χ3n) is 4.16. The summed E-state index contributed by atoms with van der Waals surface area (Å²) in [6, 6.07) is 4.91. The molecule has 1 unspecified atom stereocenters. The Kier molecular flexibility index (Phi) is 5.64. The minimum Gasteiger partial charge on any atom is -0.496 e. The zero-order valence-corrected chi connectivity index (χ0v) is 14.4. The summed E-state index contributed by atoms with van der Waals surface area (Å²) in [6.07, 6.45) is 1.58. The number of ether oxygens (including phenoxy) is 1. The highest BCUT2D eigenvalue weighted by Gasteiger charge is 2.34. The number of likely N-dealkylation sites (tertiary alicyclic amines) is 1. The van der Waals surface area contributed by atoms with Crippen molar-refractivity contribution in [1.82, 2.24) is 10.2 Å². The maximum atomic E-state index is 12.8. The van der Waals surface area contributed by atoms with Gasteiger partial charge in [0.2, 0.25) is 0 Å². The van der Waals surface area contributed by atoms with Gasteiger partial charge in [0.05, 0.1) is 13.2 Å². The van der Waals surface area contributed by atoms with Gasteiger partial charge in [-0.05, 0) is 49.4 Å². The molecule has 0 radical (unpaired) electrons. The molecule has 0 aromatic heterocycles. The van der Waals surface area contributed by atoms with E-state index in [2.05, 4.69) is 5.32 Å². The number of nitrogens with one attached hydrogen (secondary N) is 1. The van der Waals surface area contributed by atoms with Crippen molar-refractivity contribution in [1.29, 1.82) is 0 Å². The van der Waals surface area contributed by atoms with Gasteiger partial charge in [-0.1, -0.05) is 13.8 Å². The van der Waals surface area contributed by atoms with E-state index in [1.54, 1.807) is 24.1 Å². The summed E-state index contributed by atoms with van der Waals surface area (Å²) in [7, 11) is 1.61. The van der Waals surface area contributed by atoms with Gasteiger partial charge in [-0.25, -0.2) is 4.79 Å². The molecule has 1 aliphatic heterocycles. The predicted octanol–water partition coefficient (Wildman–Crippen LogP) is 3.02. The lowest BCUT2D eigenvalue weighted by Crippen LogP contribution is -2.46. The molecule has 0 saturated carbocycles. The lowest BCUT2D eigenvalue weighted by atomic mass is 10.00. The monoisotopic (exact) mass is 318 g/mol. The van der Waals surface area contributed by atoms with Crippen LogP contribution >= 0.6 is 0 Å². The smallest absolute Gasteiger partial charge is 0.318 e. The lowest BCUT2D eigenvalue weighted by molar-refractivity contribution is 0.0887. The first-order valence-electron chi connectivity index (χ1n) is 8.17. The molecular formula is C18H26N2O3. The first-order chi connectivity index (χ1) is 10.9. The van der Waals surface area contributed by atoms with E-state index in [-0.39, 0.29) is 17.9 Å². The van der Waals surface area contributed by atoms with Crippen molar-refractivity contribution in [2.24, 2.45) is 5.92 Å². The minimum absolute atomic E-state index is 0.00736. The van der Waals surface area contributed by atoms with E-state index in [1.165, 1.54) is 0 Å². The Labute approximate surface area is 138 Å². The van der Waals surface area contributed by atoms with Crippen LogP contribution in [-0.4, -0.2) is 43.0 Å². The molecule has 2 amide bonds. The number of methoxy groups -OCH3 is 1. The van der Waals surface area contributed by atoms with E-state index >= 15 is 0 Å². The van der Waals surface area contributed by atoms with Gasteiger partial charge in [-0.3, -0.25) is 4.79 Å². The van der Waals surface area contributed by atoms with Crippen molar-refractivity contribution >= 4 is 11.8 Å². The highest BCUT2D eigenvalue weighted by molar-refractivity contribution is 6.02. The minimum atomic E-state index is -0.366. The van der Waals surface area contributed by atoms with Gasteiger partial charge >= 0.3 is 6.03 Å². The molecule has 5 nitrogen and oxygen atoms in total. The van der Waals surface area contributed by atoms with E-state index in [0.29, 0.717) is 24.6 Å². The van der Waals surface area contributed by atoms with E-state index < -0.39 is 0 Å². The van der Waals surface area contributed by atoms with E-state index in [0.717, 1.165) is 24.2 Å². The molecule has 23 heavy (non-hydrogen) atoms. The molecule has 126 valence electrons. The number of ketones is 1. The normalized spacial score (nSPS) is 17.4. The molecule has 2 rings (SSSR count). The number of rotatable bonds is 5. The predicted molar refractivity (Wildman–Crippen MR) is 90.0 cm³/mol. The number of amides is 2. The molecule has 1 aliphatic rings.